The highest BCUT2D eigenvalue weighted by atomic mass is 32.1. The summed E-state index contributed by atoms with van der Waals surface area (Å²) in [4.78, 5) is 13.0. The van der Waals surface area contributed by atoms with Crippen LogP contribution in [-0.2, 0) is 0 Å². The molecule has 1 aromatic heterocycles. The summed E-state index contributed by atoms with van der Waals surface area (Å²) in [6.45, 7) is 8.06. The Kier molecular flexibility index (Phi) is 3.97. The third-order valence-corrected chi connectivity index (χ3v) is 3.81. The molecular weight excluding hydrogens is 208 g/mol. The molecule has 1 heterocycles. The van der Waals surface area contributed by atoms with Gasteiger partial charge >= 0.3 is 0 Å². The molecule has 0 fully saturated rings. The average Bonchev–Trinajstić information content (AvgIpc) is 2.63. The van der Waals surface area contributed by atoms with Crippen molar-refractivity contribution in [3.05, 3.63) is 10.6 Å². The van der Waals surface area contributed by atoms with Crippen LogP contribution < -0.4 is 0 Å². The van der Waals surface area contributed by atoms with Gasteiger partial charge in [-0.2, -0.15) is 0 Å². The monoisotopic (exact) mass is 226 g/mol. The van der Waals surface area contributed by atoms with Gasteiger partial charge in [0.15, 0.2) is 5.78 Å². The van der Waals surface area contributed by atoms with Gasteiger partial charge in [0, 0.05) is 5.41 Å². The Labute approximate surface area is 95.1 Å². The third-order valence-electron chi connectivity index (χ3n) is 2.99. The van der Waals surface area contributed by atoms with Crippen LogP contribution in [0.5, 0.6) is 0 Å². The lowest BCUT2D eigenvalue weighted by atomic mass is 9.78. The zero-order valence-electron chi connectivity index (χ0n) is 9.83. The Hall–Kier alpha value is -0.770. The molecule has 1 unspecified atom stereocenters. The third kappa shape index (κ3) is 2.43. The lowest BCUT2D eigenvalue weighted by molar-refractivity contribution is 0.0797. The van der Waals surface area contributed by atoms with Crippen molar-refractivity contribution < 1.29 is 4.79 Å². The van der Waals surface area contributed by atoms with Crippen LogP contribution in [0.3, 0.4) is 0 Å². The first kappa shape index (κ1) is 12.3. The van der Waals surface area contributed by atoms with Crippen LogP contribution in [0.15, 0.2) is 0 Å². The molecule has 0 spiro atoms. The molecule has 0 saturated heterocycles. The van der Waals surface area contributed by atoms with E-state index in [4.69, 9.17) is 0 Å². The van der Waals surface area contributed by atoms with Crippen molar-refractivity contribution in [1.29, 1.82) is 0 Å². The number of hydrogen-bond donors (Lipinski definition) is 0. The second-order valence-corrected chi connectivity index (χ2v) is 4.93. The molecule has 0 radical (unpaired) electrons. The molecule has 0 aliphatic heterocycles. The van der Waals surface area contributed by atoms with Gasteiger partial charge in [-0.15, -0.1) is 5.10 Å². The van der Waals surface area contributed by atoms with Crippen molar-refractivity contribution in [3.63, 3.8) is 0 Å². The number of rotatable bonds is 5. The SMILES string of the molecule is CCCC(C)(CC)C(=O)c1snnc1C. The highest BCUT2D eigenvalue weighted by Crippen LogP contribution is 2.33. The van der Waals surface area contributed by atoms with Gasteiger partial charge in [-0.3, -0.25) is 4.79 Å². The van der Waals surface area contributed by atoms with Gasteiger partial charge in [-0.1, -0.05) is 31.7 Å². The van der Waals surface area contributed by atoms with Crippen molar-refractivity contribution in [2.45, 2.75) is 47.0 Å². The summed E-state index contributed by atoms with van der Waals surface area (Å²) in [6, 6.07) is 0. The Bertz CT molecular complexity index is 348. The Balaban J connectivity index is 2.96. The van der Waals surface area contributed by atoms with E-state index in [2.05, 4.69) is 23.4 Å². The number of Topliss-reactive ketones (excluding diaryl/α,β-unsaturated/α-hetero) is 1. The molecule has 0 amide bonds. The Morgan fingerprint density at radius 2 is 2.13 bits per heavy atom. The number of hydrogen-bond acceptors (Lipinski definition) is 4. The topological polar surface area (TPSA) is 42.9 Å². The van der Waals surface area contributed by atoms with Gasteiger partial charge < -0.3 is 0 Å². The van der Waals surface area contributed by atoms with Crippen LogP contribution in [0.2, 0.25) is 0 Å². The van der Waals surface area contributed by atoms with Crippen LogP contribution in [0, 0.1) is 12.3 Å². The molecule has 0 bridgehead atoms. The van der Waals surface area contributed by atoms with Crippen LogP contribution >= 0.6 is 11.5 Å². The van der Waals surface area contributed by atoms with Crippen LogP contribution in [0.1, 0.15) is 55.4 Å². The minimum Gasteiger partial charge on any atom is -0.293 e. The van der Waals surface area contributed by atoms with Crippen molar-refractivity contribution in [2.24, 2.45) is 5.41 Å². The molecule has 0 aliphatic rings. The Morgan fingerprint density at radius 3 is 2.53 bits per heavy atom. The van der Waals surface area contributed by atoms with E-state index >= 15 is 0 Å². The zero-order chi connectivity index (χ0) is 11.5. The maximum atomic E-state index is 12.3. The summed E-state index contributed by atoms with van der Waals surface area (Å²) < 4.78 is 3.82. The number of ketones is 1. The summed E-state index contributed by atoms with van der Waals surface area (Å²) in [6.07, 6.45) is 2.83. The predicted molar refractivity (Wildman–Crippen MR) is 62.3 cm³/mol. The molecule has 0 aromatic carbocycles. The summed E-state index contributed by atoms with van der Waals surface area (Å²) in [5, 5.41) is 3.89. The van der Waals surface area contributed by atoms with E-state index in [9.17, 15) is 4.79 Å². The highest BCUT2D eigenvalue weighted by molar-refractivity contribution is 7.08. The fraction of sp³-hybridized carbons (Fsp3) is 0.727. The molecule has 3 nitrogen and oxygen atoms in total. The minimum absolute atomic E-state index is 0.208. The van der Waals surface area contributed by atoms with Crippen molar-refractivity contribution in [2.75, 3.05) is 0 Å². The van der Waals surface area contributed by atoms with Crippen molar-refractivity contribution >= 4 is 17.3 Å². The molecule has 1 atom stereocenters. The van der Waals surface area contributed by atoms with Gasteiger partial charge in [-0.25, -0.2) is 0 Å². The summed E-state index contributed by atoms with van der Waals surface area (Å²) >= 11 is 1.22. The van der Waals surface area contributed by atoms with Gasteiger partial charge in [-0.05, 0) is 31.3 Å². The normalized spacial score (nSPS) is 14.9. The van der Waals surface area contributed by atoms with E-state index in [1.165, 1.54) is 11.5 Å². The molecule has 1 rings (SSSR count). The maximum Gasteiger partial charge on any atom is 0.182 e. The van der Waals surface area contributed by atoms with E-state index in [1.54, 1.807) is 0 Å². The molecule has 4 heteroatoms. The first-order chi connectivity index (χ1) is 7.05. The molecule has 84 valence electrons. The quantitative estimate of drug-likeness (QED) is 0.724. The summed E-state index contributed by atoms with van der Waals surface area (Å²) in [5.41, 5.74) is 0.522. The van der Waals surface area contributed by atoms with Crippen LogP contribution in [-0.4, -0.2) is 15.4 Å². The lowest BCUT2D eigenvalue weighted by Crippen LogP contribution is -2.26. The predicted octanol–water partition coefficient (Wildman–Crippen LogP) is 3.25. The number of carbonyl (C=O) groups is 1. The minimum atomic E-state index is -0.242. The van der Waals surface area contributed by atoms with Crippen molar-refractivity contribution in [3.8, 4) is 0 Å². The van der Waals surface area contributed by atoms with E-state index < -0.39 is 0 Å². The number of nitrogens with zero attached hydrogens (tertiary/aromatic N) is 2. The molecule has 1 aromatic rings. The largest absolute Gasteiger partial charge is 0.293 e. The van der Waals surface area contributed by atoms with Crippen LogP contribution in [0.25, 0.3) is 0 Å². The highest BCUT2D eigenvalue weighted by Gasteiger charge is 2.33. The van der Waals surface area contributed by atoms with E-state index in [0.29, 0.717) is 0 Å². The summed E-state index contributed by atoms with van der Waals surface area (Å²) in [5.74, 6) is 0.208. The second kappa shape index (κ2) is 4.84. The first-order valence-electron chi connectivity index (χ1n) is 5.39. The van der Waals surface area contributed by atoms with Crippen LogP contribution in [0.4, 0.5) is 0 Å². The maximum absolute atomic E-state index is 12.3. The van der Waals surface area contributed by atoms with Gasteiger partial charge in [0.2, 0.25) is 0 Å². The molecule has 15 heavy (non-hydrogen) atoms. The smallest absolute Gasteiger partial charge is 0.182 e. The van der Waals surface area contributed by atoms with Gasteiger partial charge in [0.1, 0.15) is 4.88 Å². The summed E-state index contributed by atoms with van der Waals surface area (Å²) in [7, 11) is 0. The fourth-order valence-corrected chi connectivity index (χ4v) is 2.46. The van der Waals surface area contributed by atoms with E-state index in [1.807, 2.05) is 13.8 Å². The number of aryl methyl sites for hydroxylation is 1. The number of aromatic nitrogens is 2. The molecule has 0 saturated carbocycles. The standard InChI is InChI=1S/C11H18N2OS/c1-5-7-11(4,6-2)10(14)9-8(3)12-13-15-9/h5-7H2,1-4H3. The van der Waals surface area contributed by atoms with Crippen molar-refractivity contribution in [1.82, 2.24) is 9.59 Å². The van der Waals surface area contributed by atoms with Gasteiger partial charge in [0.25, 0.3) is 0 Å². The molecule has 0 aliphatic carbocycles. The van der Waals surface area contributed by atoms with E-state index in [-0.39, 0.29) is 11.2 Å². The lowest BCUT2D eigenvalue weighted by Gasteiger charge is -2.25. The molecular formula is C11H18N2OS. The Morgan fingerprint density at radius 1 is 1.47 bits per heavy atom. The average molecular weight is 226 g/mol. The van der Waals surface area contributed by atoms with E-state index in [0.717, 1.165) is 29.8 Å². The number of carbonyl (C=O) groups excluding carboxylic acids is 1. The fourth-order valence-electron chi connectivity index (χ4n) is 1.72. The van der Waals surface area contributed by atoms with Gasteiger partial charge in [0.05, 0.1) is 5.69 Å². The zero-order valence-corrected chi connectivity index (χ0v) is 10.6. The molecule has 0 N–H and O–H groups in total. The first-order valence-corrected chi connectivity index (χ1v) is 6.16. The second-order valence-electron chi connectivity index (χ2n) is 4.18.